The fourth-order valence-electron chi connectivity index (χ4n) is 3.30. The van der Waals surface area contributed by atoms with E-state index < -0.39 is 29.6 Å². The predicted octanol–water partition coefficient (Wildman–Crippen LogP) is 3.35. The maximum Gasteiger partial charge on any atom is 0.261 e. The number of halogens is 2. The largest absolute Gasteiger partial charge is 0.274 e. The number of rotatable bonds is 2. The number of benzene rings is 1. The van der Waals surface area contributed by atoms with Crippen LogP contribution >= 0.6 is 0 Å². The van der Waals surface area contributed by atoms with Gasteiger partial charge >= 0.3 is 0 Å². The second kappa shape index (κ2) is 4.90. The van der Waals surface area contributed by atoms with E-state index in [1.807, 2.05) is 0 Å². The maximum absolute atomic E-state index is 14.2. The molecule has 2 aliphatic rings. The summed E-state index contributed by atoms with van der Waals surface area (Å²) >= 11 is 0. The van der Waals surface area contributed by atoms with E-state index in [4.69, 9.17) is 0 Å². The van der Waals surface area contributed by atoms with E-state index in [1.165, 1.54) is 6.92 Å². The highest BCUT2D eigenvalue weighted by atomic mass is 19.3. The summed E-state index contributed by atoms with van der Waals surface area (Å²) in [5, 5.41) is 0. The molecule has 5 heteroatoms. The van der Waals surface area contributed by atoms with Crippen molar-refractivity contribution in [2.24, 2.45) is 11.8 Å². The van der Waals surface area contributed by atoms with Crippen molar-refractivity contribution in [2.75, 3.05) is 6.54 Å². The number of amides is 2. The van der Waals surface area contributed by atoms with Crippen LogP contribution in [0.4, 0.5) is 8.78 Å². The van der Waals surface area contributed by atoms with E-state index in [2.05, 4.69) is 0 Å². The third-order valence-electron chi connectivity index (χ3n) is 4.67. The zero-order valence-electron chi connectivity index (χ0n) is 11.8. The molecule has 1 heterocycles. The summed E-state index contributed by atoms with van der Waals surface area (Å²) in [5.74, 6) is -5.38. The number of hydrogen-bond acceptors (Lipinski definition) is 2. The molecule has 2 atom stereocenters. The predicted molar refractivity (Wildman–Crippen MR) is 73.3 cm³/mol. The van der Waals surface area contributed by atoms with Crippen LogP contribution < -0.4 is 0 Å². The van der Waals surface area contributed by atoms with Crippen molar-refractivity contribution in [3.05, 3.63) is 35.4 Å². The van der Waals surface area contributed by atoms with Crippen LogP contribution in [0, 0.1) is 11.8 Å². The molecule has 0 aromatic heterocycles. The quantitative estimate of drug-likeness (QED) is 0.784. The van der Waals surface area contributed by atoms with Gasteiger partial charge in [0.1, 0.15) is 0 Å². The number of fused-ring (bicyclic) bond motifs is 1. The van der Waals surface area contributed by atoms with Gasteiger partial charge in [0.05, 0.1) is 11.1 Å². The highest BCUT2D eigenvalue weighted by Crippen LogP contribution is 2.43. The lowest BCUT2D eigenvalue weighted by Crippen LogP contribution is -2.46. The van der Waals surface area contributed by atoms with Crippen molar-refractivity contribution < 1.29 is 18.4 Å². The lowest BCUT2D eigenvalue weighted by atomic mass is 9.78. The second-order valence-corrected chi connectivity index (χ2v) is 5.97. The third kappa shape index (κ3) is 2.15. The first kappa shape index (κ1) is 14.2. The van der Waals surface area contributed by atoms with Crippen LogP contribution in [0.3, 0.4) is 0 Å². The molecule has 1 aromatic carbocycles. The number of imide groups is 1. The van der Waals surface area contributed by atoms with Crippen LogP contribution in [0.5, 0.6) is 0 Å². The lowest BCUT2D eigenvalue weighted by molar-refractivity contribution is -0.128. The van der Waals surface area contributed by atoms with E-state index in [-0.39, 0.29) is 6.54 Å². The Hall–Kier alpha value is -1.78. The van der Waals surface area contributed by atoms with Gasteiger partial charge in [0.25, 0.3) is 17.7 Å². The van der Waals surface area contributed by atoms with Gasteiger partial charge in [-0.15, -0.1) is 0 Å². The molecule has 1 aliphatic carbocycles. The lowest BCUT2D eigenvalue weighted by Gasteiger charge is -2.37. The van der Waals surface area contributed by atoms with Crippen LogP contribution in [0.25, 0.3) is 0 Å². The summed E-state index contributed by atoms with van der Waals surface area (Å²) in [6, 6.07) is 6.48. The SMILES string of the molecule is CC1CCCC(CN2C(=O)c3ccccc3C2=O)C1(F)F. The van der Waals surface area contributed by atoms with Crippen LogP contribution in [0.2, 0.25) is 0 Å². The van der Waals surface area contributed by atoms with E-state index >= 15 is 0 Å². The summed E-state index contributed by atoms with van der Waals surface area (Å²) in [6.45, 7) is 1.35. The molecule has 1 fully saturated rings. The van der Waals surface area contributed by atoms with Crippen molar-refractivity contribution in [1.29, 1.82) is 0 Å². The van der Waals surface area contributed by atoms with Gasteiger partial charge in [-0.05, 0) is 25.0 Å². The Morgan fingerprint density at radius 1 is 1.14 bits per heavy atom. The molecule has 1 aromatic rings. The molecular weight excluding hydrogens is 276 g/mol. The minimum absolute atomic E-state index is 0.191. The summed E-state index contributed by atoms with van der Waals surface area (Å²) in [7, 11) is 0. The number of alkyl halides is 2. The Morgan fingerprint density at radius 2 is 1.71 bits per heavy atom. The zero-order chi connectivity index (χ0) is 15.2. The van der Waals surface area contributed by atoms with Crippen molar-refractivity contribution in [1.82, 2.24) is 4.90 Å². The van der Waals surface area contributed by atoms with Gasteiger partial charge in [-0.2, -0.15) is 0 Å². The van der Waals surface area contributed by atoms with Gasteiger partial charge in [0.2, 0.25) is 0 Å². The summed E-state index contributed by atoms with van der Waals surface area (Å²) in [6.07, 6.45) is 1.56. The zero-order valence-corrected chi connectivity index (χ0v) is 11.8. The number of carbonyl (C=O) groups excluding carboxylic acids is 2. The van der Waals surface area contributed by atoms with Crippen LogP contribution in [-0.2, 0) is 0 Å². The average molecular weight is 293 g/mol. The van der Waals surface area contributed by atoms with E-state index in [1.54, 1.807) is 24.3 Å². The molecule has 0 saturated heterocycles. The van der Waals surface area contributed by atoms with Gasteiger partial charge in [-0.3, -0.25) is 14.5 Å². The molecule has 0 bridgehead atoms. The van der Waals surface area contributed by atoms with E-state index in [0.717, 1.165) is 4.90 Å². The van der Waals surface area contributed by atoms with Crippen LogP contribution in [-0.4, -0.2) is 29.2 Å². The molecule has 0 N–H and O–H groups in total. The average Bonchev–Trinajstić information content (AvgIpc) is 2.70. The highest BCUT2D eigenvalue weighted by molar-refractivity contribution is 6.21. The molecule has 0 radical (unpaired) electrons. The fraction of sp³-hybridized carbons (Fsp3) is 0.500. The minimum Gasteiger partial charge on any atom is -0.274 e. The monoisotopic (exact) mass is 293 g/mol. The Balaban J connectivity index is 1.84. The third-order valence-corrected chi connectivity index (χ3v) is 4.67. The molecular formula is C16H17F2NO2. The van der Waals surface area contributed by atoms with Crippen LogP contribution in [0.15, 0.2) is 24.3 Å². The molecule has 1 saturated carbocycles. The van der Waals surface area contributed by atoms with Gasteiger partial charge in [0.15, 0.2) is 0 Å². The summed E-state index contributed by atoms with van der Waals surface area (Å²) in [5.41, 5.74) is 0.629. The smallest absolute Gasteiger partial charge is 0.261 e. The normalized spacial score (nSPS) is 27.9. The summed E-state index contributed by atoms with van der Waals surface area (Å²) in [4.78, 5) is 25.5. The standard InChI is InChI=1S/C16H17F2NO2/c1-10-5-4-6-11(16(10,17)18)9-19-14(20)12-7-2-3-8-13(12)15(19)21/h2-3,7-8,10-11H,4-6,9H2,1H3. The number of nitrogens with zero attached hydrogens (tertiary/aromatic N) is 1. The van der Waals surface area contributed by atoms with Crippen molar-refractivity contribution in [3.63, 3.8) is 0 Å². The molecule has 2 amide bonds. The van der Waals surface area contributed by atoms with Gasteiger partial charge < -0.3 is 0 Å². The molecule has 112 valence electrons. The Labute approximate surface area is 121 Å². The Morgan fingerprint density at radius 3 is 2.29 bits per heavy atom. The van der Waals surface area contributed by atoms with Crippen molar-refractivity contribution >= 4 is 11.8 Å². The second-order valence-electron chi connectivity index (χ2n) is 5.97. The first-order chi connectivity index (χ1) is 9.93. The molecule has 2 unspecified atom stereocenters. The molecule has 0 spiro atoms. The van der Waals surface area contributed by atoms with Crippen LogP contribution in [0.1, 0.15) is 46.9 Å². The summed E-state index contributed by atoms with van der Waals surface area (Å²) < 4.78 is 28.5. The molecule has 3 rings (SSSR count). The number of carbonyl (C=O) groups is 2. The first-order valence-corrected chi connectivity index (χ1v) is 7.26. The Kier molecular flexibility index (Phi) is 3.30. The van der Waals surface area contributed by atoms with Crippen molar-refractivity contribution in [2.45, 2.75) is 32.1 Å². The minimum atomic E-state index is -2.83. The van der Waals surface area contributed by atoms with Crippen molar-refractivity contribution in [3.8, 4) is 0 Å². The number of hydrogen-bond donors (Lipinski definition) is 0. The molecule has 21 heavy (non-hydrogen) atoms. The molecule has 3 nitrogen and oxygen atoms in total. The van der Waals surface area contributed by atoms with Gasteiger partial charge in [-0.25, -0.2) is 8.78 Å². The van der Waals surface area contributed by atoms with Gasteiger partial charge in [-0.1, -0.05) is 25.5 Å². The van der Waals surface area contributed by atoms with E-state index in [0.29, 0.717) is 30.4 Å². The topological polar surface area (TPSA) is 37.4 Å². The van der Waals surface area contributed by atoms with E-state index in [9.17, 15) is 18.4 Å². The maximum atomic E-state index is 14.2. The van der Waals surface area contributed by atoms with Gasteiger partial charge in [0, 0.05) is 18.4 Å². The Bertz CT molecular complexity index is 565. The fourth-order valence-corrected chi connectivity index (χ4v) is 3.30. The molecule has 1 aliphatic heterocycles. The first-order valence-electron chi connectivity index (χ1n) is 7.26. The highest BCUT2D eigenvalue weighted by Gasteiger charge is 2.49.